The van der Waals surface area contributed by atoms with Gasteiger partial charge in [-0.1, -0.05) is 43.2 Å². The summed E-state index contributed by atoms with van der Waals surface area (Å²) in [5.74, 6) is 0.669. The minimum atomic E-state index is 0.00630. The minimum Gasteiger partial charge on any atom is -0.353 e. The molecule has 2 aliphatic rings. The first-order chi connectivity index (χ1) is 9.84. The number of nitrogens with one attached hydrogen (secondary N) is 2. The molecule has 20 heavy (non-hydrogen) atoms. The van der Waals surface area contributed by atoms with Crippen molar-refractivity contribution in [2.45, 2.75) is 44.1 Å². The summed E-state index contributed by atoms with van der Waals surface area (Å²) >= 11 is 0. The molecule has 3 nitrogen and oxygen atoms in total. The predicted octanol–water partition coefficient (Wildman–Crippen LogP) is 2.44. The van der Waals surface area contributed by atoms with E-state index in [-0.39, 0.29) is 11.8 Å². The van der Waals surface area contributed by atoms with Crippen LogP contribution in [0.4, 0.5) is 0 Å². The fourth-order valence-electron chi connectivity index (χ4n) is 3.62. The molecule has 1 saturated heterocycles. The first kappa shape index (κ1) is 13.6. The van der Waals surface area contributed by atoms with Crippen LogP contribution in [0.25, 0.3) is 0 Å². The van der Waals surface area contributed by atoms with Crippen molar-refractivity contribution in [3.8, 4) is 0 Å². The van der Waals surface area contributed by atoms with Crippen LogP contribution < -0.4 is 10.6 Å². The molecular formula is C17H24N2O. The zero-order valence-electron chi connectivity index (χ0n) is 12.0. The van der Waals surface area contributed by atoms with E-state index in [4.69, 9.17) is 0 Å². The van der Waals surface area contributed by atoms with Crippen LogP contribution in [0, 0.1) is 5.92 Å². The van der Waals surface area contributed by atoms with Gasteiger partial charge in [0.1, 0.15) is 0 Å². The molecule has 0 spiro atoms. The number of rotatable bonds is 4. The Labute approximate surface area is 121 Å². The maximum Gasteiger partial charge on any atom is 0.228 e. The number of carbonyl (C=O) groups is 1. The quantitative estimate of drug-likeness (QED) is 0.884. The fraction of sp³-hybridized carbons (Fsp3) is 0.588. The Morgan fingerprint density at radius 1 is 1.15 bits per heavy atom. The van der Waals surface area contributed by atoms with E-state index in [1.54, 1.807) is 0 Å². The minimum absolute atomic E-state index is 0.00630. The fourth-order valence-corrected chi connectivity index (χ4v) is 3.62. The van der Waals surface area contributed by atoms with Crippen LogP contribution in [0.2, 0.25) is 0 Å². The smallest absolute Gasteiger partial charge is 0.228 e. The van der Waals surface area contributed by atoms with Crippen molar-refractivity contribution < 1.29 is 4.79 Å². The van der Waals surface area contributed by atoms with Crippen molar-refractivity contribution >= 4 is 5.91 Å². The van der Waals surface area contributed by atoms with Gasteiger partial charge in [-0.15, -0.1) is 0 Å². The van der Waals surface area contributed by atoms with E-state index in [0.29, 0.717) is 12.0 Å². The number of hydrogen-bond donors (Lipinski definition) is 2. The third-order valence-corrected chi connectivity index (χ3v) is 4.71. The zero-order chi connectivity index (χ0) is 13.8. The van der Waals surface area contributed by atoms with E-state index in [1.807, 2.05) is 18.2 Å². The molecule has 0 aromatic heterocycles. The Morgan fingerprint density at radius 2 is 1.90 bits per heavy atom. The summed E-state index contributed by atoms with van der Waals surface area (Å²) in [6.07, 6.45) is 5.90. The average molecular weight is 272 g/mol. The van der Waals surface area contributed by atoms with Crippen molar-refractivity contribution in [2.75, 3.05) is 13.1 Å². The predicted molar refractivity (Wildman–Crippen MR) is 80.6 cm³/mol. The summed E-state index contributed by atoms with van der Waals surface area (Å²) in [5, 5.41) is 6.68. The van der Waals surface area contributed by atoms with Crippen molar-refractivity contribution in [3.63, 3.8) is 0 Å². The molecule has 1 saturated carbocycles. The van der Waals surface area contributed by atoms with Gasteiger partial charge in [0, 0.05) is 6.04 Å². The number of amides is 1. The van der Waals surface area contributed by atoms with Crippen molar-refractivity contribution in [3.05, 3.63) is 35.9 Å². The maximum absolute atomic E-state index is 12.7. The van der Waals surface area contributed by atoms with Gasteiger partial charge in [-0.2, -0.15) is 0 Å². The molecule has 3 heteroatoms. The monoisotopic (exact) mass is 272 g/mol. The lowest BCUT2D eigenvalue weighted by atomic mass is 9.84. The number of carbonyl (C=O) groups excluding carboxylic acids is 1. The van der Waals surface area contributed by atoms with Crippen LogP contribution in [-0.4, -0.2) is 25.0 Å². The van der Waals surface area contributed by atoms with Gasteiger partial charge >= 0.3 is 0 Å². The SMILES string of the molecule is O=C(NC1CCCC1)[C@H](c1ccccc1)C1CCNC1. The molecule has 0 bridgehead atoms. The van der Waals surface area contributed by atoms with Crippen LogP contribution in [-0.2, 0) is 4.79 Å². The van der Waals surface area contributed by atoms with E-state index in [0.717, 1.165) is 37.9 Å². The molecule has 1 unspecified atom stereocenters. The summed E-state index contributed by atoms with van der Waals surface area (Å²) in [4.78, 5) is 12.7. The third-order valence-electron chi connectivity index (χ3n) is 4.71. The van der Waals surface area contributed by atoms with E-state index in [2.05, 4.69) is 22.8 Å². The molecule has 1 aromatic rings. The summed E-state index contributed by atoms with van der Waals surface area (Å²) < 4.78 is 0. The van der Waals surface area contributed by atoms with Crippen LogP contribution >= 0.6 is 0 Å². The van der Waals surface area contributed by atoms with Gasteiger partial charge in [0.15, 0.2) is 0 Å². The van der Waals surface area contributed by atoms with E-state index >= 15 is 0 Å². The van der Waals surface area contributed by atoms with E-state index < -0.39 is 0 Å². The third kappa shape index (κ3) is 3.04. The first-order valence-electron chi connectivity index (χ1n) is 7.90. The molecule has 2 fully saturated rings. The highest BCUT2D eigenvalue weighted by Gasteiger charge is 2.33. The van der Waals surface area contributed by atoms with Crippen LogP contribution in [0.1, 0.15) is 43.6 Å². The zero-order valence-corrected chi connectivity index (χ0v) is 12.0. The lowest BCUT2D eigenvalue weighted by Gasteiger charge is -2.24. The van der Waals surface area contributed by atoms with Gasteiger partial charge in [0.05, 0.1) is 5.92 Å². The summed E-state index contributed by atoms with van der Waals surface area (Å²) in [5.41, 5.74) is 1.16. The molecule has 1 aliphatic heterocycles. The topological polar surface area (TPSA) is 41.1 Å². The number of hydrogen-bond acceptors (Lipinski definition) is 2. The highest BCUT2D eigenvalue weighted by atomic mass is 16.2. The average Bonchev–Trinajstić information content (AvgIpc) is 3.14. The Bertz CT molecular complexity index is 434. The molecular weight excluding hydrogens is 248 g/mol. The molecule has 2 atom stereocenters. The van der Waals surface area contributed by atoms with Gasteiger partial charge in [-0.3, -0.25) is 4.79 Å². The number of benzene rings is 1. The summed E-state index contributed by atoms with van der Waals surface area (Å²) in [7, 11) is 0. The van der Waals surface area contributed by atoms with Crippen LogP contribution in [0.3, 0.4) is 0 Å². The van der Waals surface area contributed by atoms with Gasteiger partial charge in [0.2, 0.25) is 5.91 Å². The first-order valence-corrected chi connectivity index (χ1v) is 7.90. The molecule has 1 heterocycles. The Morgan fingerprint density at radius 3 is 2.55 bits per heavy atom. The second kappa shape index (κ2) is 6.40. The molecule has 1 aliphatic carbocycles. The van der Waals surface area contributed by atoms with E-state index in [9.17, 15) is 4.79 Å². The summed E-state index contributed by atoms with van der Waals surface area (Å²) in [6, 6.07) is 10.7. The molecule has 2 N–H and O–H groups in total. The molecule has 3 rings (SSSR count). The molecule has 0 radical (unpaired) electrons. The van der Waals surface area contributed by atoms with Crippen molar-refractivity contribution in [1.82, 2.24) is 10.6 Å². The molecule has 108 valence electrons. The molecule has 1 aromatic carbocycles. The van der Waals surface area contributed by atoms with Crippen molar-refractivity contribution in [2.24, 2.45) is 5.92 Å². The Kier molecular flexibility index (Phi) is 4.36. The summed E-state index contributed by atoms with van der Waals surface area (Å²) in [6.45, 7) is 1.99. The van der Waals surface area contributed by atoms with Crippen LogP contribution in [0.15, 0.2) is 30.3 Å². The van der Waals surface area contributed by atoms with Gasteiger partial charge < -0.3 is 10.6 Å². The largest absolute Gasteiger partial charge is 0.353 e. The highest BCUT2D eigenvalue weighted by Crippen LogP contribution is 2.30. The maximum atomic E-state index is 12.7. The lowest BCUT2D eigenvalue weighted by molar-refractivity contribution is -0.124. The van der Waals surface area contributed by atoms with Gasteiger partial charge in [-0.25, -0.2) is 0 Å². The standard InChI is InChI=1S/C17H24N2O/c20-17(19-15-8-4-5-9-15)16(14-10-11-18-12-14)13-6-2-1-3-7-13/h1-3,6-7,14-16,18H,4-5,8-12H2,(H,19,20)/t14?,16-/m1/s1. The normalized spacial score (nSPS) is 24.7. The lowest BCUT2D eigenvalue weighted by Crippen LogP contribution is -2.39. The van der Waals surface area contributed by atoms with E-state index in [1.165, 1.54) is 12.8 Å². The van der Waals surface area contributed by atoms with Crippen molar-refractivity contribution in [1.29, 1.82) is 0 Å². The molecule has 1 amide bonds. The van der Waals surface area contributed by atoms with Crippen LogP contribution in [0.5, 0.6) is 0 Å². The second-order valence-corrected chi connectivity index (χ2v) is 6.13. The Hall–Kier alpha value is -1.35. The Balaban J connectivity index is 1.75. The highest BCUT2D eigenvalue weighted by molar-refractivity contribution is 5.84. The van der Waals surface area contributed by atoms with Gasteiger partial charge in [0.25, 0.3) is 0 Å². The second-order valence-electron chi connectivity index (χ2n) is 6.13. The van der Waals surface area contributed by atoms with Gasteiger partial charge in [-0.05, 0) is 43.8 Å².